The number of nitrogens with zero attached hydrogens (tertiary/aromatic N) is 6. The number of carbonyl (C=O) groups is 1. The number of pyridine rings is 1. The average molecular weight is 302 g/mol. The molecule has 3 rings (SSSR count). The first-order valence-corrected chi connectivity index (χ1v) is 6.69. The van der Waals surface area contributed by atoms with Gasteiger partial charge in [-0.2, -0.15) is 5.10 Å². The molecule has 2 aromatic rings. The summed E-state index contributed by atoms with van der Waals surface area (Å²) in [5, 5.41) is 14.7. The Morgan fingerprint density at radius 1 is 1.27 bits per heavy atom. The van der Waals surface area contributed by atoms with Crippen molar-refractivity contribution in [2.45, 2.75) is 0 Å². The largest absolute Gasteiger partial charge is 0.345 e. The molecule has 9 heteroatoms. The van der Waals surface area contributed by atoms with Crippen molar-refractivity contribution >= 4 is 23.1 Å². The number of anilines is 2. The number of amides is 1. The van der Waals surface area contributed by atoms with E-state index in [9.17, 15) is 14.9 Å². The van der Waals surface area contributed by atoms with Crippen LogP contribution in [0, 0.1) is 10.1 Å². The summed E-state index contributed by atoms with van der Waals surface area (Å²) in [6, 6.07) is 2.95. The van der Waals surface area contributed by atoms with E-state index in [2.05, 4.69) is 10.1 Å². The van der Waals surface area contributed by atoms with Gasteiger partial charge in [-0.1, -0.05) is 0 Å². The van der Waals surface area contributed by atoms with E-state index in [4.69, 9.17) is 0 Å². The minimum absolute atomic E-state index is 0.0561. The second kappa shape index (κ2) is 5.43. The van der Waals surface area contributed by atoms with Gasteiger partial charge < -0.3 is 9.80 Å². The highest BCUT2D eigenvalue weighted by Crippen LogP contribution is 2.20. The molecule has 22 heavy (non-hydrogen) atoms. The molecule has 0 unspecified atom stereocenters. The van der Waals surface area contributed by atoms with Crippen molar-refractivity contribution in [3.8, 4) is 0 Å². The maximum absolute atomic E-state index is 12.3. The lowest BCUT2D eigenvalue weighted by atomic mass is 10.2. The maximum atomic E-state index is 12.3. The van der Waals surface area contributed by atoms with Gasteiger partial charge in [0.1, 0.15) is 12.0 Å². The monoisotopic (exact) mass is 302 g/mol. The van der Waals surface area contributed by atoms with Crippen molar-refractivity contribution in [1.29, 1.82) is 0 Å². The topological polar surface area (TPSA) is 97.4 Å². The first-order valence-electron chi connectivity index (χ1n) is 6.69. The van der Waals surface area contributed by atoms with Crippen molar-refractivity contribution in [2.24, 2.45) is 7.05 Å². The van der Waals surface area contributed by atoms with Crippen molar-refractivity contribution in [2.75, 3.05) is 29.4 Å². The van der Waals surface area contributed by atoms with E-state index in [-0.39, 0.29) is 18.1 Å². The van der Waals surface area contributed by atoms with Crippen LogP contribution in [0.1, 0.15) is 0 Å². The summed E-state index contributed by atoms with van der Waals surface area (Å²) in [7, 11) is 1.80. The van der Waals surface area contributed by atoms with Gasteiger partial charge >= 0.3 is 0 Å². The lowest BCUT2D eigenvalue weighted by Gasteiger charge is -2.34. The Hall–Kier alpha value is -2.97. The van der Waals surface area contributed by atoms with E-state index in [0.717, 1.165) is 5.69 Å². The van der Waals surface area contributed by atoms with Gasteiger partial charge in [-0.15, -0.1) is 0 Å². The van der Waals surface area contributed by atoms with Crippen LogP contribution in [0.5, 0.6) is 0 Å². The molecule has 0 aromatic carbocycles. The number of nitro groups is 1. The normalized spacial score (nSPS) is 15.2. The van der Waals surface area contributed by atoms with E-state index < -0.39 is 4.92 Å². The number of piperazine rings is 1. The van der Waals surface area contributed by atoms with Gasteiger partial charge in [0.2, 0.25) is 5.91 Å². The Morgan fingerprint density at radius 2 is 2.09 bits per heavy atom. The molecule has 0 saturated carbocycles. The third-order valence-corrected chi connectivity index (χ3v) is 3.49. The molecule has 9 nitrogen and oxygen atoms in total. The zero-order chi connectivity index (χ0) is 15.7. The molecule has 114 valence electrons. The molecule has 0 bridgehead atoms. The van der Waals surface area contributed by atoms with Crippen LogP contribution in [0.2, 0.25) is 0 Å². The van der Waals surface area contributed by atoms with Crippen LogP contribution in [0.4, 0.5) is 17.2 Å². The summed E-state index contributed by atoms with van der Waals surface area (Å²) in [5.74, 6) is 0.504. The summed E-state index contributed by atoms with van der Waals surface area (Å²) in [4.78, 5) is 29.9. The second-order valence-electron chi connectivity index (χ2n) is 4.97. The van der Waals surface area contributed by atoms with E-state index in [1.807, 2.05) is 0 Å². The summed E-state index contributed by atoms with van der Waals surface area (Å²) in [6.07, 6.45) is 4.64. The average Bonchev–Trinajstić information content (AvgIpc) is 2.93. The molecular weight excluding hydrogens is 288 g/mol. The van der Waals surface area contributed by atoms with Crippen LogP contribution in [0.3, 0.4) is 0 Å². The molecule has 0 N–H and O–H groups in total. The molecule has 2 aromatic heterocycles. The minimum atomic E-state index is -0.498. The fourth-order valence-corrected chi connectivity index (χ4v) is 2.36. The van der Waals surface area contributed by atoms with Crippen LogP contribution in [-0.4, -0.2) is 45.2 Å². The van der Waals surface area contributed by atoms with Crippen LogP contribution in [0.15, 0.2) is 30.7 Å². The fraction of sp³-hybridized carbons (Fsp3) is 0.308. The van der Waals surface area contributed by atoms with Gasteiger partial charge in [-0.3, -0.25) is 19.6 Å². The minimum Gasteiger partial charge on any atom is -0.345 e. The molecule has 1 saturated heterocycles. The first-order chi connectivity index (χ1) is 10.5. The van der Waals surface area contributed by atoms with E-state index >= 15 is 0 Å². The van der Waals surface area contributed by atoms with Gasteiger partial charge in [-0.05, 0) is 6.07 Å². The summed E-state index contributed by atoms with van der Waals surface area (Å²) in [5.41, 5.74) is 0.702. The highest BCUT2D eigenvalue weighted by molar-refractivity contribution is 5.97. The smallest absolute Gasteiger partial charge is 0.287 e. The van der Waals surface area contributed by atoms with Crippen molar-refractivity contribution < 1.29 is 9.72 Å². The van der Waals surface area contributed by atoms with Gasteiger partial charge in [0.05, 0.1) is 23.4 Å². The van der Waals surface area contributed by atoms with Crippen LogP contribution in [-0.2, 0) is 11.8 Å². The molecule has 0 aliphatic carbocycles. The standard InChI is InChI=1S/C13H14N6O3/c1-16-8-11(7-15-16)18-5-4-17(9-13(18)20)12-3-2-10(6-14-12)19(21)22/h2-3,6-8H,4-5,9H2,1H3. The lowest BCUT2D eigenvalue weighted by molar-refractivity contribution is -0.385. The molecule has 1 amide bonds. The third kappa shape index (κ3) is 2.60. The maximum Gasteiger partial charge on any atom is 0.287 e. The number of hydrogen-bond acceptors (Lipinski definition) is 6. The van der Waals surface area contributed by atoms with Gasteiger partial charge in [-0.25, -0.2) is 4.98 Å². The number of aromatic nitrogens is 3. The van der Waals surface area contributed by atoms with E-state index in [1.165, 1.54) is 12.3 Å². The molecular formula is C13H14N6O3. The zero-order valence-corrected chi connectivity index (χ0v) is 11.9. The van der Waals surface area contributed by atoms with Gasteiger partial charge in [0, 0.05) is 32.4 Å². The Labute approximate surface area is 125 Å². The zero-order valence-electron chi connectivity index (χ0n) is 11.9. The first kappa shape index (κ1) is 14.0. The Bertz CT molecular complexity index is 711. The number of aryl methyl sites for hydroxylation is 1. The quantitative estimate of drug-likeness (QED) is 0.607. The SMILES string of the molecule is Cn1cc(N2CCN(c3ccc([N+](=O)[O-])cn3)CC2=O)cn1. The molecule has 1 aliphatic rings. The lowest BCUT2D eigenvalue weighted by Crippen LogP contribution is -2.50. The summed E-state index contributed by atoms with van der Waals surface area (Å²) >= 11 is 0. The molecule has 0 atom stereocenters. The second-order valence-corrected chi connectivity index (χ2v) is 4.97. The molecule has 3 heterocycles. The molecule has 0 spiro atoms. The van der Waals surface area contributed by atoms with E-state index in [0.29, 0.717) is 18.9 Å². The van der Waals surface area contributed by atoms with Gasteiger partial charge in [0.15, 0.2) is 0 Å². The van der Waals surface area contributed by atoms with Crippen LogP contribution < -0.4 is 9.80 Å². The summed E-state index contributed by atoms with van der Waals surface area (Å²) in [6.45, 7) is 1.30. The van der Waals surface area contributed by atoms with E-state index in [1.54, 1.807) is 40.0 Å². The van der Waals surface area contributed by atoms with Crippen LogP contribution in [0.25, 0.3) is 0 Å². The highest BCUT2D eigenvalue weighted by Gasteiger charge is 2.26. The van der Waals surface area contributed by atoms with Crippen molar-refractivity contribution in [3.63, 3.8) is 0 Å². The number of rotatable bonds is 3. The predicted molar refractivity (Wildman–Crippen MR) is 78.7 cm³/mol. The highest BCUT2D eigenvalue weighted by atomic mass is 16.6. The van der Waals surface area contributed by atoms with Crippen molar-refractivity contribution in [3.05, 3.63) is 40.8 Å². The van der Waals surface area contributed by atoms with Gasteiger partial charge in [0.25, 0.3) is 5.69 Å². The molecule has 1 aliphatic heterocycles. The molecule has 1 fully saturated rings. The molecule has 0 radical (unpaired) electrons. The Balaban J connectivity index is 1.72. The number of hydrogen-bond donors (Lipinski definition) is 0. The van der Waals surface area contributed by atoms with Crippen LogP contribution >= 0.6 is 0 Å². The third-order valence-electron chi connectivity index (χ3n) is 3.49. The fourth-order valence-electron chi connectivity index (χ4n) is 2.36. The Morgan fingerprint density at radius 3 is 2.64 bits per heavy atom. The Kier molecular flexibility index (Phi) is 3.45. The summed E-state index contributed by atoms with van der Waals surface area (Å²) < 4.78 is 1.65. The predicted octanol–water partition coefficient (Wildman–Crippen LogP) is 0.577. The van der Waals surface area contributed by atoms with Crippen molar-refractivity contribution in [1.82, 2.24) is 14.8 Å². The number of carbonyl (C=O) groups excluding carboxylic acids is 1.